The van der Waals surface area contributed by atoms with E-state index in [0.29, 0.717) is 47.5 Å². The van der Waals surface area contributed by atoms with Gasteiger partial charge in [-0.15, -0.1) is 0 Å². The fraction of sp³-hybridized carbons (Fsp3) is 0.476. The molecule has 4 rings (SSSR count). The van der Waals surface area contributed by atoms with Crippen LogP contribution in [-0.4, -0.2) is 67.4 Å². The molecule has 1 aromatic heterocycles. The first-order valence-corrected chi connectivity index (χ1v) is 10.8. The average molecular weight is 454 g/mol. The Morgan fingerprint density at radius 1 is 0.933 bits per heavy atom. The minimum Gasteiger partial charge on any atom is -0.507 e. The van der Waals surface area contributed by atoms with E-state index in [9.17, 15) is 9.90 Å². The number of benzene rings is 1. The van der Waals surface area contributed by atoms with Crippen molar-refractivity contribution in [2.45, 2.75) is 13.1 Å². The van der Waals surface area contributed by atoms with E-state index in [2.05, 4.69) is 14.7 Å². The van der Waals surface area contributed by atoms with Crippen molar-refractivity contribution in [3.63, 3.8) is 0 Å². The molecule has 162 valence electrons. The summed E-state index contributed by atoms with van der Waals surface area (Å²) in [5, 5.41) is 11.8. The highest BCUT2D eigenvalue weighted by Gasteiger charge is 2.22. The average Bonchev–Trinajstić information content (AvgIpc) is 2.76. The third kappa shape index (κ3) is 4.92. The van der Waals surface area contributed by atoms with Crippen molar-refractivity contribution in [2.24, 2.45) is 0 Å². The van der Waals surface area contributed by atoms with E-state index >= 15 is 0 Å². The van der Waals surface area contributed by atoms with Crippen molar-refractivity contribution < 1.29 is 14.3 Å². The van der Waals surface area contributed by atoms with Crippen LogP contribution in [0, 0.1) is 0 Å². The lowest BCUT2D eigenvalue weighted by molar-refractivity contribution is 0.0333. The zero-order chi connectivity index (χ0) is 21.1. The maximum absolute atomic E-state index is 12.2. The maximum Gasteiger partial charge on any atom is 0.343 e. The highest BCUT2D eigenvalue weighted by molar-refractivity contribution is 6.42. The largest absolute Gasteiger partial charge is 0.507 e. The first-order valence-electron chi connectivity index (χ1n) is 10.1. The van der Waals surface area contributed by atoms with Crippen LogP contribution >= 0.6 is 23.2 Å². The Morgan fingerprint density at radius 2 is 1.63 bits per heavy atom. The van der Waals surface area contributed by atoms with E-state index < -0.39 is 5.63 Å². The van der Waals surface area contributed by atoms with Crippen molar-refractivity contribution in [3.05, 3.63) is 56.1 Å². The molecule has 7 nitrogen and oxygen atoms in total. The van der Waals surface area contributed by atoms with Crippen molar-refractivity contribution in [2.75, 3.05) is 57.4 Å². The molecule has 2 saturated heterocycles. The summed E-state index contributed by atoms with van der Waals surface area (Å²) >= 11 is 12.2. The number of aromatic hydroxyl groups is 1. The molecule has 3 heterocycles. The first kappa shape index (κ1) is 21.5. The number of halogens is 2. The normalized spacial score (nSPS) is 18.7. The summed E-state index contributed by atoms with van der Waals surface area (Å²) in [6.45, 7) is 6.93. The summed E-state index contributed by atoms with van der Waals surface area (Å²) in [7, 11) is 0. The van der Waals surface area contributed by atoms with Crippen LogP contribution in [0.25, 0.3) is 0 Å². The zero-order valence-corrected chi connectivity index (χ0v) is 18.2. The van der Waals surface area contributed by atoms with Gasteiger partial charge in [0.1, 0.15) is 12.0 Å². The van der Waals surface area contributed by atoms with Crippen LogP contribution in [0.5, 0.6) is 5.75 Å². The van der Waals surface area contributed by atoms with E-state index in [0.717, 1.165) is 45.0 Å². The second-order valence-corrected chi connectivity index (χ2v) is 8.44. The molecule has 0 radical (unpaired) electrons. The number of rotatable bonds is 5. The lowest BCUT2D eigenvalue weighted by Crippen LogP contribution is -2.46. The van der Waals surface area contributed by atoms with E-state index in [1.165, 1.54) is 6.26 Å². The highest BCUT2D eigenvalue weighted by atomic mass is 35.5. The van der Waals surface area contributed by atoms with Gasteiger partial charge in [-0.3, -0.25) is 9.80 Å². The Bertz CT molecular complexity index is 938. The molecular formula is C21H25Cl2N3O4. The predicted molar refractivity (Wildman–Crippen MR) is 117 cm³/mol. The molecule has 1 aromatic carbocycles. The van der Waals surface area contributed by atoms with Crippen molar-refractivity contribution in [1.29, 1.82) is 0 Å². The van der Waals surface area contributed by atoms with Crippen LogP contribution in [0.1, 0.15) is 11.1 Å². The molecule has 0 unspecified atom stereocenters. The molecule has 0 atom stereocenters. The lowest BCUT2D eigenvalue weighted by Gasteiger charge is -2.36. The molecule has 0 aliphatic carbocycles. The Morgan fingerprint density at radius 3 is 2.33 bits per heavy atom. The maximum atomic E-state index is 12.2. The monoisotopic (exact) mass is 453 g/mol. The second-order valence-electron chi connectivity index (χ2n) is 7.63. The third-order valence-electron chi connectivity index (χ3n) is 5.66. The van der Waals surface area contributed by atoms with Crippen LogP contribution in [0.3, 0.4) is 0 Å². The van der Waals surface area contributed by atoms with Gasteiger partial charge in [0.05, 0.1) is 28.8 Å². The molecule has 9 heteroatoms. The van der Waals surface area contributed by atoms with Gasteiger partial charge in [-0.1, -0.05) is 23.2 Å². The van der Waals surface area contributed by atoms with Gasteiger partial charge < -0.3 is 19.2 Å². The first-order chi connectivity index (χ1) is 14.5. The SMILES string of the molecule is O=c1occ(CN2CCN(c3ccc(Cl)c(Cl)c3)CC2)c(O)c1CN1CCOCC1. The van der Waals surface area contributed by atoms with Gasteiger partial charge in [-0.05, 0) is 18.2 Å². The molecule has 0 spiro atoms. The number of hydrogen-bond donors (Lipinski definition) is 1. The van der Waals surface area contributed by atoms with Gasteiger partial charge in [-0.2, -0.15) is 0 Å². The summed E-state index contributed by atoms with van der Waals surface area (Å²) in [4.78, 5) is 18.8. The minimum absolute atomic E-state index is 0.0460. The van der Waals surface area contributed by atoms with Crippen LogP contribution < -0.4 is 10.5 Å². The highest BCUT2D eigenvalue weighted by Crippen LogP contribution is 2.28. The third-order valence-corrected chi connectivity index (χ3v) is 6.40. The number of nitrogens with zero attached hydrogens (tertiary/aromatic N) is 3. The van der Waals surface area contributed by atoms with Crippen LogP contribution in [-0.2, 0) is 17.8 Å². The Hall–Kier alpha value is -1.77. The van der Waals surface area contributed by atoms with E-state index in [-0.39, 0.29) is 5.75 Å². The van der Waals surface area contributed by atoms with Crippen molar-refractivity contribution >= 4 is 28.9 Å². The Labute approximate surface area is 185 Å². The fourth-order valence-corrected chi connectivity index (χ4v) is 4.16. The van der Waals surface area contributed by atoms with Gasteiger partial charge in [-0.25, -0.2) is 4.79 Å². The van der Waals surface area contributed by atoms with Gasteiger partial charge in [0.25, 0.3) is 0 Å². The van der Waals surface area contributed by atoms with Gasteiger partial charge in [0.15, 0.2) is 0 Å². The molecule has 2 aromatic rings. The zero-order valence-electron chi connectivity index (χ0n) is 16.6. The number of hydrogen-bond acceptors (Lipinski definition) is 7. The summed E-state index contributed by atoms with van der Waals surface area (Å²) in [6, 6.07) is 5.67. The smallest absolute Gasteiger partial charge is 0.343 e. The number of anilines is 1. The Balaban J connectivity index is 1.39. The summed E-state index contributed by atoms with van der Waals surface area (Å²) in [5.74, 6) is 0.0460. The molecule has 2 aliphatic rings. The van der Waals surface area contributed by atoms with E-state index in [4.69, 9.17) is 32.4 Å². The molecule has 2 fully saturated rings. The molecule has 0 amide bonds. The van der Waals surface area contributed by atoms with Crippen LogP contribution in [0.2, 0.25) is 10.0 Å². The molecule has 0 saturated carbocycles. The quantitative estimate of drug-likeness (QED) is 0.745. The number of ether oxygens (including phenoxy) is 1. The van der Waals surface area contributed by atoms with Crippen molar-refractivity contribution in [1.82, 2.24) is 9.80 Å². The fourth-order valence-electron chi connectivity index (χ4n) is 3.86. The van der Waals surface area contributed by atoms with Gasteiger partial charge >= 0.3 is 5.63 Å². The van der Waals surface area contributed by atoms with Crippen molar-refractivity contribution in [3.8, 4) is 5.75 Å². The summed E-state index contributed by atoms with van der Waals surface area (Å²) in [5.41, 5.74) is 1.53. The number of piperazine rings is 1. The summed E-state index contributed by atoms with van der Waals surface area (Å²) < 4.78 is 10.6. The van der Waals surface area contributed by atoms with E-state index in [1.807, 2.05) is 18.2 Å². The molecule has 0 bridgehead atoms. The minimum atomic E-state index is -0.479. The topological polar surface area (TPSA) is 69.4 Å². The Kier molecular flexibility index (Phi) is 6.85. The molecule has 2 aliphatic heterocycles. The van der Waals surface area contributed by atoms with Gasteiger partial charge in [0.2, 0.25) is 0 Å². The molecule has 1 N–H and O–H groups in total. The van der Waals surface area contributed by atoms with E-state index in [1.54, 1.807) is 0 Å². The van der Waals surface area contributed by atoms with Crippen LogP contribution in [0.15, 0.2) is 33.7 Å². The molecular weight excluding hydrogens is 429 g/mol. The standard InChI is InChI=1S/C21H25Cl2N3O4/c22-18-2-1-16(11-19(18)23)26-5-3-24(4-6-26)12-15-14-30-21(28)17(20(15)27)13-25-7-9-29-10-8-25/h1-2,11,14,27H,3-10,12-13H2. The summed E-state index contributed by atoms with van der Waals surface area (Å²) in [6.07, 6.45) is 1.38. The lowest BCUT2D eigenvalue weighted by atomic mass is 10.1. The van der Waals surface area contributed by atoms with Crippen LogP contribution in [0.4, 0.5) is 5.69 Å². The van der Waals surface area contributed by atoms with Gasteiger partial charge in [0, 0.05) is 63.6 Å². The molecule has 30 heavy (non-hydrogen) atoms. The second kappa shape index (κ2) is 9.58. The number of morpholine rings is 1. The predicted octanol–water partition coefficient (Wildman–Crippen LogP) is 2.81.